The van der Waals surface area contributed by atoms with Crippen molar-refractivity contribution in [1.29, 1.82) is 0 Å². The Balaban J connectivity index is 1.97. The van der Waals surface area contributed by atoms with E-state index in [0.29, 0.717) is 11.5 Å². The molecule has 0 spiro atoms. The molecule has 3 heteroatoms. The summed E-state index contributed by atoms with van der Waals surface area (Å²) >= 11 is 0. The lowest BCUT2D eigenvalue weighted by Gasteiger charge is -2.17. The molecule has 0 unspecified atom stereocenters. The maximum absolute atomic E-state index is 9.77. The average Bonchev–Trinajstić information content (AvgIpc) is 2.68. The maximum atomic E-state index is 9.77. The van der Waals surface area contributed by atoms with E-state index in [2.05, 4.69) is 0 Å². The summed E-state index contributed by atoms with van der Waals surface area (Å²) in [6.45, 7) is -0.223. The molecule has 0 fully saturated rings. The molecule has 0 saturated heterocycles. The van der Waals surface area contributed by atoms with Gasteiger partial charge in [-0.1, -0.05) is 72.8 Å². The van der Waals surface area contributed by atoms with E-state index in [1.807, 2.05) is 72.8 Å². The molecule has 3 nitrogen and oxygen atoms in total. The molecule has 4 aromatic carbocycles. The summed E-state index contributed by atoms with van der Waals surface area (Å²) in [7, 11) is 0. The van der Waals surface area contributed by atoms with Crippen LogP contribution in [0.25, 0.3) is 21.5 Å². The smallest absolute Gasteiger partial charge is 0.140 e. The van der Waals surface area contributed by atoms with Gasteiger partial charge < -0.3 is 14.9 Å². The normalized spacial score (nSPS) is 11.1. The first kappa shape index (κ1) is 15.6. The second kappa shape index (κ2) is 6.55. The molecule has 0 radical (unpaired) electrons. The van der Waals surface area contributed by atoms with Crippen molar-refractivity contribution >= 4 is 21.5 Å². The summed E-state index contributed by atoms with van der Waals surface area (Å²) in [4.78, 5) is 0. The number of hydrogen-bond donors (Lipinski definition) is 2. The van der Waals surface area contributed by atoms with Gasteiger partial charge in [-0.05, 0) is 10.8 Å². The zero-order valence-corrected chi connectivity index (χ0v) is 13.6. The highest BCUT2D eigenvalue weighted by Crippen LogP contribution is 2.38. The van der Waals surface area contributed by atoms with Crippen LogP contribution in [-0.2, 0) is 13.2 Å². The molecule has 0 aliphatic heterocycles. The Bertz CT molecular complexity index is 968. The van der Waals surface area contributed by atoms with Crippen LogP contribution >= 0.6 is 0 Å². The lowest BCUT2D eigenvalue weighted by Crippen LogP contribution is -1.97. The fourth-order valence-corrected chi connectivity index (χ4v) is 3.17. The van der Waals surface area contributed by atoms with Gasteiger partial charge in [0.1, 0.15) is 11.5 Å². The fraction of sp³-hybridized carbons (Fsp3) is 0.0909. The Kier molecular flexibility index (Phi) is 4.10. The fourth-order valence-electron chi connectivity index (χ4n) is 3.17. The molecule has 0 aromatic heterocycles. The van der Waals surface area contributed by atoms with Crippen molar-refractivity contribution in [2.24, 2.45) is 0 Å². The van der Waals surface area contributed by atoms with Crippen LogP contribution < -0.4 is 4.74 Å². The van der Waals surface area contributed by atoms with Crippen molar-refractivity contribution < 1.29 is 14.9 Å². The minimum Gasteiger partial charge on any atom is -0.455 e. The summed E-state index contributed by atoms with van der Waals surface area (Å²) in [5.41, 5.74) is 1.44. The third kappa shape index (κ3) is 2.74. The van der Waals surface area contributed by atoms with Gasteiger partial charge in [-0.2, -0.15) is 0 Å². The molecule has 0 bridgehead atoms. The highest BCUT2D eigenvalue weighted by atomic mass is 16.5. The molecule has 0 amide bonds. The summed E-state index contributed by atoms with van der Waals surface area (Å²) < 4.78 is 6.33. The van der Waals surface area contributed by atoms with Gasteiger partial charge in [0, 0.05) is 21.9 Å². The second-order valence-electron chi connectivity index (χ2n) is 5.97. The Morgan fingerprint density at radius 2 is 1.00 bits per heavy atom. The summed E-state index contributed by atoms with van der Waals surface area (Å²) in [6.07, 6.45) is 0. The van der Waals surface area contributed by atoms with Crippen molar-refractivity contribution in [3.63, 3.8) is 0 Å². The monoisotopic (exact) mass is 330 g/mol. The first-order valence-electron chi connectivity index (χ1n) is 8.22. The van der Waals surface area contributed by atoms with Crippen molar-refractivity contribution in [2.45, 2.75) is 13.2 Å². The third-order valence-corrected chi connectivity index (χ3v) is 4.47. The molecule has 0 atom stereocenters. The largest absolute Gasteiger partial charge is 0.455 e. The zero-order chi connectivity index (χ0) is 17.2. The SMILES string of the molecule is OCc1ccc2ccccc2c1Oc1c(CO)ccc2ccccc12. The maximum Gasteiger partial charge on any atom is 0.140 e. The van der Waals surface area contributed by atoms with Crippen molar-refractivity contribution in [2.75, 3.05) is 0 Å². The van der Waals surface area contributed by atoms with E-state index < -0.39 is 0 Å². The summed E-state index contributed by atoms with van der Waals surface area (Å²) in [5.74, 6) is 1.26. The van der Waals surface area contributed by atoms with Gasteiger partial charge in [0.05, 0.1) is 13.2 Å². The molecular formula is C22H18O3. The first-order chi connectivity index (χ1) is 12.3. The van der Waals surface area contributed by atoms with Gasteiger partial charge in [-0.3, -0.25) is 0 Å². The van der Waals surface area contributed by atoms with Crippen LogP contribution in [0, 0.1) is 0 Å². The Hall–Kier alpha value is -2.88. The van der Waals surface area contributed by atoms with Gasteiger partial charge in [0.25, 0.3) is 0 Å². The van der Waals surface area contributed by atoms with Gasteiger partial charge >= 0.3 is 0 Å². The van der Waals surface area contributed by atoms with Gasteiger partial charge in [0.15, 0.2) is 0 Å². The topological polar surface area (TPSA) is 49.7 Å². The van der Waals surface area contributed by atoms with Crippen molar-refractivity contribution in [3.05, 3.63) is 83.9 Å². The number of ether oxygens (including phenoxy) is 1. The van der Waals surface area contributed by atoms with Crippen LogP contribution in [0.2, 0.25) is 0 Å². The molecule has 2 N–H and O–H groups in total. The van der Waals surface area contributed by atoms with E-state index in [0.717, 1.165) is 32.7 Å². The molecular weight excluding hydrogens is 312 g/mol. The molecule has 0 aliphatic rings. The van der Waals surface area contributed by atoms with E-state index in [1.165, 1.54) is 0 Å². The lowest BCUT2D eigenvalue weighted by molar-refractivity contribution is 0.272. The van der Waals surface area contributed by atoms with Crippen LogP contribution in [0.15, 0.2) is 72.8 Å². The predicted octanol–water partition coefficient (Wildman–Crippen LogP) is 4.77. The summed E-state index contributed by atoms with van der Waals surface area (Å²) in [5, 5.41) is 23.5. The van der Waals surface area contributed by atoms with Crippen molar-refractivity contribution in [1.82, 2.24) is 0 Å². The quantitative estimate of drug-likeness (QED) is 0.567. The second-order valence-corrected chi connectivity index (χ2v) is 5.97. The number of fused-ring (bicyclic) bond motifs is 2. The number of aliphatic hydroxyl groups is 2. The Morgan fingerprint density at radius 1 is 0.560 bits per heavy atom. The Morgan fingerprint density at radius 3 is 1.44 bits per heavy atom. The predicted molar refractivity (Wildman–Crippen MR) is 99.8 cm³/mol. The highest BCUT2D eigenvalue weighted by Gasteiger charge is 2.14. The number of rotatable bonds is 4. The van der Waals surface area contributed by atoms with Crippen LogP contribution in [0.1, 0.15) is 11.1 Å². The molecule has 0 aliphatic carbocycles. The summed E-state index contributed by atoms with van der Waals surface area (Å²) in [6, 6.07) is 23.5. The lowest BCUT2D eigenvalue weighted by atomic mass is 10.0. The van der Waals surface area contributed by atoms with E-state index in [-0.39, 0.29) is 13.2 Å². The average molecular weight is 330 g/mol. The molecule has 25 heavy (non-hydrogen) atoms. The first-order valence-corrected chi connectivity index (χ1v) is 8.22. The van der Waals surface area contributed by atoms with Crippen LogP contribution in [0.3, 0.4) is 0 Å². The van der Waals surface area contributed by atoms with E-state index in [9.17, 15) is 10.2 Å². The minimum absolute atomic E-state index is 0.112. The van der Waals surface area contributed by atoms with E-state index in [4.69, 9.17) is 4.74 Å². The standard InChI is InChI=1S/C22H18O3/c23-13-17-11-9-15-5-1-3-7-19(15)21(17)25-22-18(14-24)12-10-16-6-2-4-8-20(16)22/h1-12,23-24H,13-14H2. The number of hydrogen-bond acceptors (Lipinski definition) is 3. The molecule has 4 aromatic rings. The van der Waals surface area contributed by atoms with Crippen molar-refractivity contribution in [3.8, 4) is 11.5 Å². The molecule has 0 saturated carbocycles. The molecule has 124 valence electrons. The minimum atomic E-state index is -0.112. The van der Waals surface area contributed by atoms with Gasteiger partial charge in [0.2, 0.25) is 0 Å². The highest BCUT2D eigenvalue weighted by molar-refractivity contribution is 5.93. The Labute approximate surface area is 145 Å². The van der Waals surface area contributed by atoms with Crippen LogP contribution in [-0.4, -0.2) is 10.2 Å². The van der Waals surface area contributed by atoms with Gasteiger partial charge in [-0.25, -0.2) is 0 Å². The zero-order valence-electron chi connectivity index (χ0n) is 13.6. The van der Waals surface area contributed by atoms with Gasteiger partial charge in [-0.15, -0.1) is 0 Å². The van der Waals surface area contributed by atoms with Crippen LogP contribution in [0.4, 0.5) is 0 Å². The van der Waals surface area contributed by atoms with E-state index >= 15 is 0 Å². The van der Waals surface area contributed by atoms with E-state index in [1.54, 1.807) is 0 Å². The molecule has 0 heterocycles. The third-order valence-electron chi connectivity index (χ3n) is 4.47. The van der Waals surface area contributed by atoms with Crippen LogP contribution in [0.5, 0.6) is 11.5 Å². The molecule has 4 rings (SSSR count). The number of benzene rings is 4. The number of aliphatic hydroxyl groups excluding tert-OH is 2.